The lowest BCUT2D eigenvalue weighted by atomic mass is 9.44. The van der Waals surface area contributed by atoms with Gasteiger partial charge in [0, 0.05) is 18.8 Å². The van der Waals surface area contributed by atoms with E-state index in [1.807, 2.05) is 0 Å². The Morgan fingerprint density at radius 1 is 1.15 bits per heavy atom. The lowest BCUT2D eigenvalue weighted by molar-refractivity contribution is -0.165. The molecule has 4 aliphatic carbocycles. The summed E-state index contributed by atoms with van der Waals surface area (Å²) < 4.78 is 10.4. The van der Waals surface area contributed by atoms with Crippen molar-refractivity contribution in [3.63, 3.8) is 0 Å². The molecular weight excluding hydrogens is 484 g/mol. The molecule has 0 bridgehead atoms. The number of esters is 2. The molecule has 0 aromatic rings. The molecule has 0 heterocycles. The second-order valence-electron chi connectivity index (χ2n) is 11.9. The fourth-order valence-corrected chi connectivity index (χ4v) is 10.4. The minimum atomic E-state index is -0.316. The SMILES string of the molecule is COC(=O)CC[C@H](C)[C@@H]1CC[C@@H]2[C@@H]3CC[C@@H]4C[C@H](OC(C)=O)CC[C@]4(C)[C@@H]3[C@H](Br)C(=O)[C@]21C. The van der Waals surface area contributed by atoms with E-state index in [9.17, 15) is 14.4 Å². The lowest BCUT2D eigenvalue weighted by Crippen LogP contribution is -2.62. The molecule has 4 aliphatic rings. The molecule has 6 heteroatoms. The van der Waals surface area contributed by atoms with Crippen molar-refractivity contribution in [3.05, 3.63) is 0 Å². The van der Waals surface area contributed by atoms with Crippen LogP contribution in [0, 0.1) is 46.3 Å². The van der Waals surface area contributed by atoms with Gasteiger partial charge in [-0.1, -0.05) is 36.7 Å². The van der Waals surface area contributed by atoms with E-state index in [-0.39, 0.29) is 33.7 Å². The van der Waals surface area contributed by atoms with Gasteiger partial charge < -0.3 is 9.47 Å². The van der Waals surface area contributed by atoms with Gasteiger partial charge in [-0.2, -0.15) is 0 Å². The number of hydrogen-bond acceptors (Lipinski definition) is 5. The average Bonchev–Trinajstić information content (AvgIpc) is 3.13. The summed E-state index contributed by atoms with van der Waals surface area (Å²) >= 11 is 3.96. The van der Waals surface area contributed by atoms with Gasteiger partial charge in [-0.3, -0.25) is 14.4 Å². The zero-order valence-electron chi connectivity index (χ0n) is 20.9. The molecule has 0 unspecified atom stereocenters. The fraction of sp³-hybridized carbons (Fsp3) is 0.889. The van der Waals surface area contributed by atoms with Crippen LogP contribution in [0.4, 0.5) is 0 Å². The zero-order valence-corrected chi connectivity index (χ0v) is 22.5. The monoisotopic (exact) mass is 524 g/mol. The highest BCUT2D eigenvalue weighted by Crippen LogP contribution is 2.68. The summed E-state index contributed by atoms with van der Waals surface area (Å²) in [6.45, 7) is 8.37. The van der Waals surface area contributed by atoms with Crippen LogP contribution in [0.15, 0.2) is 0 Å². The van der Waals surface area contributed by atoms with E-state index in [2.05, 4.69) is 36.7 Å². The van der Waals surface area contributed by atoms with Crippen LogP contribution in [0.2, 0.25) is 0 Å². The van der Waals surface area contributed by atoms with Crippen LogP contribution in [-0.2, 0) is 23.9 Å². The molecule has 0 radical (unpaired) electrons. The highest BCUT2D eigenvalue weighted by Gasteiger charge is 2.66. The molecule has 0 amide bonds. The molecule has 4 fully saturated rings. The van der Waals surface area contributed by atoms with Crippen molar-refractivity contribution >= 4 is 33.7 Å². The second kappa shape index (κ2) is 9.28. The smallest absolute Gasteiger partial charge is 0.305 e. The molecule has 4 saturated carbocycles. The van der Waals surface area contributed by atoms with Crippen molar-refractivity contribution in [1.82, 2.24) is 0 Å². The standard InChI is InChI=1S/C27H41BrO5/c1-15(6-11-22(30)32-5)20-9-10-21-19-8-7-17-14-18(33-16(2)29)12-13-26(17,3)23(19)24(28)25(31)27(20,21)4/h15,17-21,23-24H,6-14H2,1-5H3/t15-,17+,18+,19-,20-,21+,23-,24-,26-,27-/m0/s1. The molecule has 10 atom stereocenters. The number of halogens is 1. The molecule has 186 valence electrons. The number of rotatable bonds is 5. The van der Waals surface area contributed by atoms with Gasteiger partial charge in [0.1, 0.15) is 6.10 Å². The number of Topliss-reactive ketones (excluding diaryl/α,β-unsaturated/α-hetero) is 1. The third kappa shape index (κ3) is 4.10. The zero-order chi connectivity index (χ0) is 24.1. The van der Waals surface area contributed by atoms with E-state index in [1.54, 1.807) is 0 Å². The van der Waals surface area contributed by atoms with Crippen molar-refractivity contribution in [2.24, 2.45) is 46.3 Å². The number of ether oxygens (including phenoxy) is 2. The highest BCUT2D eigenvalue weighted by atomic mass is 79.9. The van der Waals surface area contributed by atoms with Crippen molar-refractivity contribution in [2.45, 2.75) is 96.4 Å². The maximum atomic E-state index is 14.1. The summed E-state index contributed by atoms with van der Waals surface area (Å²) in [5.74, 6) is 2.54. The highest BCUT2D eigenvalue weighted by molar-refractivity contribution is 9.10. The fourth-order valence-electron chi connectivity index (χ4n) is 8.92. The van der Waals surface area contributed by atoms with Gasteiger partial charge in [-0.15, -0.1) is 0 Å². The maximum absolute atomic E-state index is 14.1. The van der Waals surface area contributed by atoms with E-state index >= 15 is 0 Å². The molecule has 0 aliphatic heterocycles. The summed E-state index contributed by atoms with van der Waals surface area (Å²) in [5, 5.41) is 0. The van der Waals surface area contributed by atoms with E-state index in [0.717, 1.165) is 44.9 Å². The van der Waals surface area contributed by atoms with Gasteiger partial charge in [0.05, 0.1) is 11.9 Å². The minimum absolute atomic E-state index is 0.0296. The average molecular weight is 526 g/mol. The third-order valence-corrected chi connectivity index (χ3v) is 11.5. The maximum Gasteiger partial charge on any atom is 0.305 e. The van der Waals surface area contributed by atoms with Crippen LogP contribution in [0.5, 0.6) is 0 Å². The quantitative estimate of drug-likeness (QED) is 0.339. The van der Waals surface area contributed by atoms with Gasteiger partial charge in [0.2, 0.25) is 0 Å². The van der Waals surface area contributed by atoms with Crippen molar-refractivity contribution in [3.8, 4) is 0 Å². The summed E-state index contributed by atoms with van der Waals surface area (Å²) in [7, 11) is 1.44. The molecule has 0 aromatic heterocycles. The Labute approximate surface area is 207 Å². The first-order chi connectivity index (χ1) is 15.5. The lowest BCUT2D eigenvalue weighted by Gasteiger charge is -2.62. The third-order valence-electron chi connectivity index (χ3n) is 10.5. The Morgan fingerprint density at radius 3 is 2.55 bits per heavy atom. The molecule has 0 aromatic carbocycles. The van der Waals surface area contributed by atoms with E-state index < -0.39 is 0 Å². The molecule has 4 rings (SSSR count). The summed E-state index contributed by atoms with van der Waals surface area (Å²) in [4.78, 5) is 37.2. The Hall–Kier alpha value is -0.910. The summed E-state index contributed by atoms with van der Waals surface area (Å²) in [6, 6.07) is 0. The van der Waals surface area contributed by atoms with E-state index in [1.165, 1.54) is 20.5 Å². The van der Waals surface area contributed by atoms with Crippen LogP contribution in [0.3, 0.4) is 0 Å². The van der Waals surface area contributed by atoms with Gasteiger partial charge in [0.25, 0.3) is 0 Å². The Morgan fingerprint density at radius 2 is 1.88 bits per heavy atom. The number of carbonyl (C=O) groups excluding carboxylic acids is 3. The van der Waals surface area contributed by atoms with Gasteiger partial charge in [-0.25, -0.2) is 0 Å². The first-order valence-electron chi connectivity index (χ1n) is 13.0. The largest absolute Gasteiger partial charge is 0.469 e. The topological polar surface area (TPSA) is 69.7 Å². The first-order valence-corrected chi connectivity index (χ1v) is 13.9. The molecule has 0 saturated heterocycles. The number of fused-ring (bicyclic) bond motifs is 5. The van der Waals surface area contributed by atoms with Crippen molar-refractivity contribution in [1.29, 1.82) is 0 Å². The van der Waals surface area contributed by atoms with Gasteiger partial charge in [-0.05, 0) is 92.3 Å². The van der Waals surface area contributed by atoms with Gasteiger partial charge >= 0.3 is 11.9 Å². The van der Waals surface area contributed by atoms with Gasteiger partial charge in [0.15, 0.2) is 5.78 Å². The Kier molecular flexibility index (Phi) is 7.08. The Bertz CT molecular complexity index is 797. The van der Waals surface area contributed by atoms with E-state index in [0.29, 0.717) is 47.7 Å². The number of methoxy groups -OCH3 is 1. The molecular formula is C27H41BrO5. The predicted octanol–water partition coefficient (Wildman–Crippen LogP) is 5.72. The normalized spacial score (nSPS) is 45.4. The number of carbonyl (C=O) groups is 3. The van der Waals surface area contributed by atoms with Crippen LogP contribution >= 0.6 is 15.9 Å². The molecule has 33 heavy (non-hydrogen) atoms. The summed E-state index contributed by atoms with van der Waals surface area (Å²) in [6.07, 6.45) is 8.62. The molecule has 0 N–H and O–H groups in total. The number of ketones is 1. The van der Waals surface area contributed by atoms with Crippen LogP contribution in [-0.4, -0.2) is 35.8 Å². The summed E-state index contributed by atoms with van der Waals surface area (Å²) in [5.41, 5.74) is -0.206. The van der Waals surface area contributed by atoms with Crippen molar-refractivity contribution < 1.29 is 23.9 Å². The van der Waals surface area contributed by atoms with Crippen LogP contribution < -0.4 is 0 Å². The number of hydrogen-bond donors (Lipinski definition) is 0. The molecule has 5 nitrogen and oxygen atoms in total. The van der Waals surface area contributed by atoms with Crippen LogP contribution in [0.25, 0.3) is 0 Å². The Balaban J connectivity index is 1.55. The number of alkyl halides is 1. The van der Waals surface area contributed by atoms with E-state index in [4.69, 9.17) is 9.47 Å². The molecule has 0 spiro atoms. The first kappa shape index (κ1) is 25.2. The second-order valence-corrected chi connectivity index (χ2v) is 12.9. The van der Waals surface area contributed by atoms with Crippen molar-refractivity contribution in [2.75, 3.05) is 7.11 Å². The minimum Gasteiger partial charge on any atom is -0.469 e. The van der Waals surface area contributed by atoms with Crippen LogP contribution in [0.1, 0.15) is 85.5 Å². The predicted molar refractivity (Wildman–Crippen MR) is 130 cm³/mol.